The normalized spacial score (nSPS) is 14.3. The summed E-state index contributed by atoms with van der Waals surface area (Å²) in [6.07, 6.45) is 0. The highest BCUT2D eigenvalue weighted by Gasteiger charge is 2.32. The maximum Gasteiger partial charge on any atom is 0.343 e. The molecule has 8 nitrogen and oxygen atoms in total. The Labute approximate surface area is 234 Å². The van der Waals surface area contributed by atoms with E-state index in [1.165, 1.54) is 0 Å². The molecule has 1 atom stereocenters. The molecule has 0 radical (unpaired) electrons. The lowest BCUT2D eigenvalue weighted by Gasteiger charge is -2.27. The molecule has 0 aromatic heterocycles. The second kappa shape index (κ2) is 12.5. The van der Waals surface area contributed by atoms with Crippen LogP contribution in [0.1, 0.15) is 55.1 Å². The van der Waals surface area contributed by atoms with Crippen molar-refractivity contribution in [1.82, 2.24) is 0 Å². The topological polar surface area (TPSA) is 113 Å². The molecular formula is C32H34N2O6. The molecule has 4 rings (SSSR count). The van der Waals surface area contributed by atoms with Crippen LogP contribution in [0.2, 0.25) is 0 Å². The van der Waals surface area contributed by atoms with E-state index >= 15 is 0 Å². The van der Waals surface area contributed by atoms with Crippen LogP contribution in [0.25, 0.3) is 0 Å². The third-order valence-corrected chi connectivity index (χ3v) is 6.17. The smallest absolute Gasteiger partial charge is 0.343 e. The third-order valence-electron chi connectivity index (χ3n) is 6.17. The van der Waals surface area contributed by atoms with Crippen molar-refractivity contribution in [3.8, 4) is 34.8 Å². The van der Waals surface area contributed by atoms with Gasteiger partial charge in [-0.15, -0.1) is 0 Å². The molecule has 8 heteroatoms. The Hall–Kier alpha value is -4.64. The second-order valence-electron chi connectivity index (χ2n) is 10.4. The van der Waals surface area contributed by atoms with Crippen molar-refractivity contribution in [2.24, 2.45) is 17.6 Å². The Balaban J connectivity index is 1.58. The molecule has 0 saturated heterocycles. The highest BCUT2D eigenvalue weighted by atomic mass is 16.5. The molecule has 0 saturated carbocycles. The minimum Gasteiger partial charge on any atom is -0.493 e. The van der Waals surface area contributed by atoms with Crippen LogP contribution in [-0.2, 0) is 0 Å². The van der Waals surface area contributed by atoms with E-state index < -0.39 is 11.9 Å². The van der Waals surface area contributed by atoms with Crippen molar-refractivity contribution in [2.75, 3.05) is 20.3 Å². The molecule has 2 N–H and O–H groups in total. The number of fused-ring (bicyclic) bond motifs is 1. The first-order chi connectivity index (χ1) is 19.2. The van der Waals surface area contributed by atoms with E-state index in [-0.39, 0.29) is 17.2 Å². The molecule has 1 heterocycles. The lowest BCUT2D eigenvalue weighted by molar-refractivity contribution is 0.0734. The van der Waals surface area contributed by atoms with E-state index in [0.717, 1.165) is 5.56 Å². The van der Waals surface area contributed by atoms with E-state index in [1.54, 1.807) is 49.6 Å². The van der Waals surface area contributed by atoms with E-state index in [9.17, 15) is 10.1 Å². The van der Waals surface area contributed by atoms with E-state index in [2.05, 4.69) is 33.8 Å². The van der Waals surface area contributed by atoms with Crippen LogP contribution in [0.5, 0.6) is 28.7 Å². The van der Waals surface area contributed by atoms with E-state index in [4.69, 9.17) is 29.4 Å². The number of carbonyl (C=O) groups excluding carboxylic acids is 1. The van der Waals surface area contributed by atoms with Gasteiger partial charge in [0.05, 0.1) is 31.8 Å². The van der Waals surface area contributed by atoms with Gasteiger partial charge in [0.25, 0.3) is 0 Å². The summed E-state index contributed by atoms with van der Waals surface area (Å²) < 4.78 is 28.5. The number of nitrogens with two attached hydrogens (primary N) is 1. The molecule has 40 heavy (non-hydrogen) atoms. The maximum atomic E-state index is 12.8. The zero-order valence-electron chi connectivity index (χ0n) is 23.4. The van der Waals surface area contributed by atoms with Gasteiger partial charge in [0.2, 0.25) is 5.88 Å². The second-order valence-corrected chi connectivity index (χ2v) is 10.4. The number of hydrogen-bond acceptors (Lipinski definition) is 8. The lowest BCUT2D eigenvalue weighted by atomic mass is 9.83. The third kappa shape index (κ3) is 6.49. The predicted molar refractivity (Wildman–Crippen MR) is 151 cm³/mol. The summed E-state index contributed by atoms with van der Waals surface area (Å²) in [5, 5.41) is 9.92. The minimum atomic E-state index is -0.523. The van der Waals surface area contributed by atoms with Crippen LogP contribution < -0.4 is 29.4 Å². The van der Waals surface area contributed by atoms with Crippen LogP contribution in [0, 0.1) is 23.2 Å². The van der Waals surface area contributed by atoms with Crippen molar-refractivity contribution < 1.29 is 28.5 Å². The van der Waals surface area contributed by atoms with E-state index in [1.807, 2.05) is 18.2 Å². The molecule has 0 amide bonds. The number of nitrogens with zero attached hydrogens (tertiary/aromatic N) is 1. The maximum absolute atomic E-state index is 12.8. The van der Waals surface area contributed by atoms with Crippen LogP contribution in [0.3, 0.4) is 0 Å². The van der Waals surface area contributed by atoms with Crippen molar-refractivity contribution in [3.63, 3.8) is 0 Å². The number of nitriles is 1. The van der Waals surface area contributed by atoms with Crippen LogP contribution in [-0.4, -0.2) is 26.3 Å². The molecule has 3 aromatic rings. The average Bonchev–Trinajstić information content (AvgIpc) is 2.94. The first-order valence-corrected chi connectivity index (χ1v) is 13.2. The van der Waals surface area contributed by atoms with Crippen molar-refractivity contribution in [3.05, 3.63) is 88.8 Å². The quantitative estimate of drug-likeness (QED) is 0.238. The highest BCUT2D eigenvalue weighted by Crippen LogP contribution is 2.45. The minimum absolute atomic E-state index is 0.0143. The molecule has 1 aliphatic rings. The highest BCUT2D eigenvalue weighted by molar-refractivity contribution is 5.91. The molecule has 208 valence electrons. The van der Waals surface area contributed by atoms with Gasteiger partial charge in [-0.3, -0.25) is 0 Å². The Bertz CT molecular complexity index is 1440. The van der Waals surface area contributed by atoms with Crippen molar-refractivity contribution in [2.45, 2.75) is 33.6 Å². The van der Waals surface area contributed by atoms with Gasteiger partial charge >= 0.3 is 5.97 Å². The van der Waals surface area contributed by atoms with Crippen molar-refractivity contribution in [1.29, 1.82) is 5.26 Å². The van der Waals surface area contributed by atoms with Gasteiger partial charge in [-0.2, -0.15) is 5.26 Å². The van der Waals surface area contributed by atoms with Crippen LogP contribution in [0.4, 0.5) is 0 Å². The van der Waals surface area contributed by atoms with Gasteiger partial charge in [0.15, 0.2) is 11.5 Å². The van der Waals surface area contributed by atoms with E-state index in [0.29, 0.717) is 59.2 Å². The summed E-state index contributed by atoms with van der Waals surface area (Å²) in [6.45, 7) is 9.40. The molecule has 0 aliphatic carbocycles. The predicted octanol–water partition coefficient (Wildman–Crippen LogP) is 6.20. The standard InChI is InChI=1S/C32H34N2O6/c1-19(2)17-37-23-9-6-21(7-10-23)32(35)39-24-11-12-25-28(15-24)40-31(34)26(16-33)30(25)22-8-13-27(29(14-22)36-5)38-18-20(3)4/h6-15,19-20,30H,17-18,34H2,1-5H3. The Morgan fingerprint density at radius 3 is 2.25 bits per heavy atom. The molecule has 0 spiro atoms. The molecule has 0 fully saturated rings. The number of allylic oxidation sites excluding steroid dienone is 1. The summed E-state index contributed by atoms with van der Waals surface area (Å²) in [7, 11) is 1.57. The van der Waals surface area contributed by atoms with Crippen molar-refractivity contribution >= 4 is 5.97 Å². The number of carbonyl (C=O) groups is 1. The zero-order chi connectivity index (χ0) is 28.8. The number of benzene rings is 3. The summed E-state index contributed by atoms with van der Waals surface area (Å²) in [4.78, 5) is 12.8. The Morgan fingerprint density at radius 2 is 1.60 bits per heavy atom. The summed E-state index contributed by atoms with van der Waals surface area (Å²) in [5.74, 6) is 2.23. The Kier molecular flexibility index (Phi) is 8.85. The number of ether oxygens (including phenoxy) is 5. The fourth-order valence-electron chi connectivity index (χ4n) is 4.20. The van der Waals surface area contributed by atoms with Gasteiger partial charge in [-0.05, 0) is 59.9 Å². The number of esters is 1. The molecular weight excluding hydrogens is 508 g/mol. The molecule has 0 bridgehead atoms. The van der Waals surface area contributed by atoms with Gasteiger partial charge in [-0.25, -0.2) is 4.79 Å². The largest absolute Gasteiger partial charge is 0.493 e. The van der Waals surface area contributed by atoms with Gasteiger partial charge in [0, 0.05) is 11.6 Å². The Morgan fingerprint density at radius 1 is 0.925 bits per heavy atom. The monoisotopic (exact) mass is 542 g/mol. The fraction of sp³-hybridized carbons (Fsp3) is 0.312. The lowest BCUT2D eigenvalue weighted by Crippen LogP contribution is -2.21. The summed E-state index contributed by atoms with van der Waals surface area (Å²) >= 11 is 0. The average molecular weight is 543 g/mol. The van der Waals surface area contributed by atoms with Crippen LogP contribution >= 0.6 is 0 Å². The SMILES string of the molecule is COc1cc(C2C(C#N)=C(N)Oc3cc(OC(=O)c4ccc(OCC(C)C)cc4)ccc32)ccc1OCC(C)C. The first kappa shape index (κ1) is 28.4. The fourth-order valence-corrected chi connectivity index (χ4v) is 4.20. The van der Waals surface area contributed by atoms with Gasteiger partial charge in [0.1, 0.15) is 28.9 Å². The summed E-state index contributed by atoms with van der Waals surface area (Å²) in [5.41, 5.74) is 8.31. The number of hydrogen-bond donors (Lipinski definition) is 1. The number of rotatable bonds is 10. The molecule has 1 aliphatic heterocycles. The number of methoxy groups -OCH3 is 1. The first-order valence-electron chi connectivity index (χ1n) is 13.2. The zero-order valence-corrected chi connectivity index (χ0v) is 23.4. The van der Waals surface area contributed by atoms with Gasteiger partial charge < -0.3 is 29.4 Å². The molecule has 1 unspecified atom stereocenters. The molecule has 3 aromatic carbocycles. The summed E-state index contributed by atoms with van der Waals surface area (Å²) in [6, 6.07) is 19.5. The van der Waals surface area contributed by atoms with Gasteiger partial charge in [-0.1, -0.05) is 39.8 Å². The van der Waals surface area contributed by atoms with Crippen LogP contribution in [0.15, 0.2) is 72.1 Å².